The second-order valence-electron chi connectivity index (χ2n) is 11.4. The van der Waals surface area contributed by atoms with E-state index in [0.29, 0.717) is 37.4 Å². The van der Waals surface area contributed by atoms with Gasteiger partial charge in [0.2, 0.25) is 0 Å². The summed E-state index contributed by atoms with van der Waals surface area (Å²) < 4.78 is 14.9. The first-order valence-electron chi connectivity index (χ1n) is 12.2. The summed E-state index contributed by atoms with van der Waals surface area (Å²) >= 11 is 0. The molecular weight excluding hydrogens is 461 g/mol. The van der Waals surface area contributed by atoms with E-state index in [1.54, 1.807) is 32.6 Å². The zero-order valence-electron chi connectivity index (χ0n) is 21.7. The molecule has 2 aromatic heterocycles. The number of amides is 2. The summed E-state index contributed by atoms with van der Waals surface area (Å²) in [6.45, 7) is 12.7. The van der Waals surface area contributed by atoms with Gasteiger partial charge in [-0.25, -0.2) is 13.9 Å². The second-order valence-corrected chi connectivity index (χ2v) is 11.4. The van der Waals surface area contributed by atoms with E-state index < -0.39 is 11.6 Å². The van der Waals surface area contributed by atoms with E-state index in [9.17, 15) is 19.1 Å². The van der Waals surface area contributed by atoms with Gasteiger partial charge in [-0.05, 0) is 68.5 Å². The van der Waals surface area contributed by atoms with Crippen LogP contribution in [0.3, 0.4) is 0 Å². The predicted octanol–water partition coefficient (Wildman–Crippen LogP) is 3.70. The highest BCUT2D eigenvalue weighted by atomic mass is 19.1. The molecule has 1 aliphatic rings. The Balaban J connectivity index is 1.54. The quantitative estimate of drug-likeness (QED) is 0.596. The van der Waals surface area contributed by atoms with Crippen LogP contribution >= 0.6 is 0 Å². The Labute approximate surface area is 210 Å². The number of carbonyl (C=O) groups excluding carboxylic acids is 2. The van der Waals surface area contributed by atoms with Crippen molar-refractivity contribution in [2.45, 2.75) is 59.6 Å². The van der Waals surface area contributed by atoms with E-state index in [0.717, 1.165) is 11.1 Å². The van der Waals surface area contributed by atoms with Crippen molar-refractivity contribution in [2.75, 3.05) is 19.6 Å². The number of carbonyl (C=O) groups is 2. The SMILES string of the molecule is Cc1cc(-c2ccc(F)cc2)nn2cc(C(=O)N3CCN(C(=O)[C@H](O)CC(C)(C)C)CC3(C)C)nc12. The maximum Gasteiger partial charge on any atom is 0.274 e. The molecule has 0 unspecified atom stereocenters. The highest BCUT2D eigenvalue weighted by molar-refractivity contribution is 5.94. The van der Waals surface area contributed by atoms with Gasteiger partial charge in [0, 0.05) is 25.2 Å². The van der Waals surface area contributed by atoms with Gasteiger partial charge < -0.3 is 14.9 Å². The molecule has 1 atom stereocenters. The number of aliphatic hydroxyl groups excluding tert-OH is 1. The van der Waals surface area contributed by atoms with E-state index in [1.807, 2.05) is 47.6 Å². The Hall–Kier alpha value is -3.33. The molecule has 9 heteroatoms. The fraction of sp³-hybridized carbons (Fsp3) is 0.481. The van der Waals surface area contributed by atoms with Crippen LogP contribution in [0.15, 0.2) is 36.5 Å². The predicted molar refractivity (Wildman–Crippen MR) is 135 cm³/mol. The second kappa shape index (κ2) is 9.28. The molecule has 36 heavy (non-hydrogen) atoms. The zero-order valence-corrected chi connectivity index (χ0v) is 21.7. The summed E-state index contributed by atoms with van der Waals surface area (Å²) in [5, 5.41) is 15.0. The topological polar surface area (TPSA) is 91.0 Å². The number of halogens is 1. The maximum atomic E-state index is 13.5. The third-order valence-electron chi connectivity index (χ3n) is 6.52. The van der Waals surface area contributed by atoms with Crippen molar-refractivity contribution in [3.05, 3.63) is 53.6 Å². The molecule has 1 fully saturated rings. The van der Waals surface area contributed by atoms with Gasteiger partial charge in [0.1, 0.15) is 17.6 Å². The van der Waals surface area contributed by atoms with Gasteiger partial charge in [-0.1, -0.05) is 20.8 Å². The Morgan fingerprint density at radius 3 is 2.44 bits per heavy atom. The molecule has 2 amide bonds. The van der Waals surface area contributed by atoms with Crippen molar-refractivity contribution in [3.8, 4) is 11.3 Å². The van der Waals surface area contributed by atoms with Gasteiger partial charge in [0.25, 0.3) is 11.8 Å². The highest BCUT2D eigenvalue weighted by Crippen LogP contribution is 2.27. The Bertz CT molecular complexity index is 1290. The van der Waals surface area contributed by atoms with Crippen molar-refractivity contribution >= 4 is 17.5 Å². The van der Waals surface area contributed by atoms with Gasteiger partial charge in [0.15, 0.2) is 5.65 Å². The summed E-state index contributed by atoms with van der Waals surface area (Å²) in [5.41, 5.74) is 2.27. The number of imidazole rings is 1. The van der Waals surface area contributed by atoms with Crippen molar-refractivity contribution in [3.63, 3.8) is 0 Å². The summed E-state index contributed by atoms with van der Waals surface area (Å²) in [4.78, 5) is 34.3. The number of rotatable bonds is 4. The number of piperazine rings is 1. The Kier molecular flexibility index (Phi) is 6.64. The van der Waals surface area contributed by atoms with Crippen molar-refractivity contribution < 1.29 is 19.1 Å². The van der Waals surface area contributed by atoms with E-state index in [2.05, 4.69) is 10.1 Å². The number of fused-ring (bicyclic) bond motifs is 1. The molecule has 8 nitrogen and oxygen atoms in total. The lowest BCUT2D eigenvalue weighted by molar-refractivity contribution is -0.145. The van der Waals surface area contributed by atoms with Gasteiger partial charge in [-0.3, -0.25) is 9.59 Å². The first kappa shape index (κ1) is 25.8. The minimum absolute atomic E-state index is 0.172. The van der Waals surface area contributed by atoms with Crippen molar-refractivity contribution in [2.24, 2.45) is 5.41 Å². The first-order chi connectivity index (χ1) is 16.7. The van der Waals surface area contributed by atoms with Gasteiger partial charge in [-0.15, -0.1) is 0 Å². The first-order valence-corrected chi connectivity index (χ1v) is 12.2. The molecule has 4 rings (SSSR count). The summed E-state index contributed by atoms with van der Waals surface area (Å²) in [6, 6.07) is 7.95. The number of aliphatic hydroxyl groups is 1. The van der Waals surface area contributed by atoms with Crippen molar-refractivity contribution in [1.82, 2.24) is 24.4 Å². The van der Waals surface area contributed by atoms with Crippen LogP contribution in [0.1, 0.15) is 57.1 Å². The monoisotopic (exact) mass is 495 g/mol. The largest absolute Gasteiger partial charge is 0.383 e. The minimum atomic E-state index is -1.06. The van der Waals surface area contributed by atoms with E-state index in [1.165, 1.54) is 12.1 Å². The lowest BCUT2D eigenvalue weighted by Gasteiger charge is -2.47. The lowest BCUT2D eigenvalue weighted by Crippen LogP contribution is -2.63. The zero-order chi connectivity index (χ0) is 26.4. The Morgan fingerprint density at radius 1 is 1.17 bits per heavy atom. The average molecular weight is 496 g/mol. The molecule has 0 saturated carbocycles. The number of aromatic nitrogens is 3. The van der Waals surface area contributed by atoms with Gasteiger partial charge in [-0.2, -0.15) is 5.10 Å². The molecule has 0 radical (unpaired) electrons. The number of benzene rings is 1. The number of aryl methyl sites for hydroxylation is 1. The van der Waals surface area contributed by atoms with Crippen LogP contribution in [0.5, 0.6) is 0 Å². The highest BCUT2D eigenvalue weighted by Gasteiger charge is 2.41. The molecule has 1 aliphatic heterocycles. The standard InChI is InChI=1S/C27H34FN5O3/c1-17-13-20(18-7-9-19(28)10-8-18)30-33-15-21(29-23(17)33)24(35)32-12-11-31(16-27(32,5)6)25(36)22(34)14-26(2,3)4/h7-10,13,15,22,34H,11-12,14,16H2,1-6H3/t22-/m1/s1. The van der Waals surface area contributed by atoms with Gasteiger partial charge >= 0.3 is 0 Å². The number of hydrogen-bond donors (Lipinski definition) is 1. The van der Waals surface area contributed by atoms with E-state index in [4.69, 9.17) is 0 Å². The molecule has 0 aliphatic carbocycles. The molecule has 0 bridgehead atoms. The van der Waals surface area contributed by atoms with E-state index >= 15 is 0 Å². The smallest absolute Gasteiger partial charge is 0.274 e. The molecule has 1 N–H and O–H groups in total. The van der Waals surface area contributed by atoms with Crippen LogP contribution in [-0.2, 0) is 4.79 Å². The molecule has 1 aromatic carbocycles. The molecule has 0 spiro atoms. The minimum Gasteiger partial charge on any atom is -0.383 e. The van der Waals surface area contributed by atoms with Crippen LogP contribution in [0.4, 0.5) is 4.39 Å². The Morgan fingerprint density at radius 2 is 1.83 bits per heavy atom. The lowest BCUT2D eigenvalue weighted by atomic mass is 9.88. The normalized spacial score (nSPS) is 16.9. The van der Waals surface area contributed by atoms with Crippen LogP contribution < -0.4 is 0 Å². The summed E-state index contributed by atoms with van der Waals surface area (Å²) in [6.07, 6.45) is 0.919. The fourth-order valence-electron chi connectivity index (χ4n) is 4.73. The third-order valence-corrected chi connectivity index (χ3v) is 6.52. The summed E-state index contributed by atoms with van der Waals surface area (Å²) in [5.74, 6) is -0.860. The van der Waals surface area contributed by atoms with Crippen LogP contribution in [-0.4, -0.2) is 72.6 Å². The van der Waals surface area contributed by atoms with Crippen molar-refractivity contribution in [1.29, 1.82) is 0 Å². The number of nitrogens with zero attached hydrogens (tertiary/aromatic N) is 5. The fourth-order valence-corrected chi connectivity index (χ4v) is 4.73. The average Bonchev–Trinajstić information content (AvgIpc) is 3.22. The molecule has 192 valence electrons. The molecule has 3 aromatic rings. The molecule has 3 heterocycles. The van der Waals surface area contributed by atoms with E-state index in [-0.39, 0.29) is 28.7 Å². The van der Waals surface area contributed by atoms with Crippen LogP contribution in [0, 0.1) is 18.2 Å². The van der Waals surface area contributed by atoms with Crippen LogP contribution in [0.2, 0.25) is 0 Å². The third kappa shape index (κ3) is 5.26. The maximum absolute atomic E-state index is 13.5. The van der Waals surface area contributed by atoms with Gasteiger partial charge in [0.05, 0.1) is 17.4 Å². The summed E-state index contributed by atoms with van der Waals surface area (Å²) in [7, 11) is 0. The molecule has 1 saturated heterocycles. The molecular formula is C27H34FN5O3. The van der Waals surface area contributed by atoms with Crippen LogP contribution in [0.25, 0.3) is 16.9 Å². The number of hydrogen-bond acceptors (Lipinski definition) is 5.